The van der Waals surface area contributed by atoms with Crippen LogP contribution in [0.1, 0.15) is 56.3 Å². The molecule has 0 spiro atoms. The third-order valence-electron chi connectivity index (χ3n) is 5.06. The molecule has 1 aliphatic carbocycles. The lowest BCUT2D eigenvalue weighted by molar-refractivity contribution is -0.115. The summed E-state index contributed by atoms with van der Waals surface area (Å²) in [6, 6.07) is 3.52. The van der Waals surface area contributed by atoms with Crippen molar-refractivity contribution in [2.75, 3.05) is 5.32 Å². The Hall–Kier alpha value is -2.84. The first-order valence-electron chi connectivity index (χ1n) is 9.23. The molecule has 1 aliphatic rings. The highest BCUT2D eigenvalue weighted by Gasteiger charge is 2.27. The van der Waals surface area contributed by atoms with Crippen LogP contribution >= 0.6 is 0 Å². The quantitative estimate of drug-likeness (QED) is 0.561. The molecule has 0 saturated heterocycles. The van der Waals surface area contributed by atoms with Gasteiger partial charge in [-0.2, -0.15) is 5.10 Å². The summed E-state index contributed by atoms with van der Waals surface area (Å²) in [5, 5.41) is 24.9. The zero-order valence-electron chi connectivity index (χ0n) is 15.3. The fourth-order valence-electron chi connectivity index (χ4n) is 3.68. The van der Waals surface area contributed by atoms with Crippen LogP contribution < -0.4 is 10.6 Å². The molecule has 2 unspecified atom stereocenters. The van der Waals surface area contributed by atoms with E-state index < -0.39 is 6.09 Å². The summed E-state index contributed by atoms with van der Waals surface area (Å²) in [7, 11) is 0. The molecule has 2 aromatic heterocycles. The number of carbonyl (C=O) groups excluding carboxylic acids is 1. The lowest BCUT2D eigenvalue weighted by Gasteiger charge is -2.14. The molecule has 1 fully saturated rings. The van der Waals surface area contributed by atoms with Crippen molar-refractivity contribution in [1.29, 1.82) is 0 Å². The Morgan fingerprint density at radius 3 is 3.04 bits per heavy atom. The molecule has 2 heterocycles. The highest BCUT2D eigenvalue weighted by molar-refractivity contribution is 5.91. The molecule has 9 nitrogen and oxygen atoms in total. The van der Waals surface area contributed by atoms with Crippen molar-refractivity contribution in [3.63, 3.8) is 0 Å². The molecule has 3 atom stereocenters. The van der Waals surface area contributed by atoms with Gasteiger partial charge in [-0.1, -0.05) is 5.16 Å². The number of hydrogen-bond donors (Lipinski definition) is 4. The van der Waals surface area contributed by atoms with Crippen molar-refractivity contribution in [1.82, 2.24) is 20.7 Å². The Balaban J connectivity index is 1.44. The third-order valence-corrected chi connectivity index (χ3v) is 5.06. The number of anilines is 1. The van der Waals surface area contributed by atoms with E-state index in [1.807, 2.05) is 13.0 Å². The Morgan fingerprint density at radius 1 is 1.44 bits per heavy atom. The van der Waals surface area contributed by atoms with E-state index in [-0.39, 0.29) is 18.4 Å². The van der Waals surface area contributed by atoms with Crippen LogP contribution in [0.2, 0.25) is 0 Å². The van der Waals surface area contributed by atoms with Gasteiger partial charge in [0.1, 0.15) is 6.26 Å². The van der Waals surface area contributed by atoms with E-state index >= 15 is 0 Å². The predicted octanol–water partition coefficient (Wildman–Crippen LogP) is 2.90. The molecular formula is C18H25N5O4. The summed E-state index contributed by atoms with van der Waals surface area (Å²) in [6.07, 6.45) is 5.70. The molecule has 0 radical (unpaired) electrons. The summed E-state index contributed by atoms with van der Waals surface area (Å²) in [4.78, 5) is 22.6. The molecule has 4 N–H and O–H groups in total. The number of rotatable bonds is 8. The van der Waals surface area contributed by atoms with E-state index in [9.17, 15) is 9.59 Å². The van der Waals surface area contributed by atoms with Gasteiger partial charge in [-0.25, -0.2) is 4.79 Å². The van der Waals surface area contributed by atoms with Crippen LogP contribution in [0.15, 0.2) is 22.9 Å². The zero-order valence-corrected chi connectivity index (χ0v) is 15.3. The van der Waals surface area contributed by atoms with Crippen LogP contribution in [0.4, 0.5) is 10.6 Å². The van der Waals surface area contributed by atoms with Crippen molar-refractivity contribution in [2.24, 2.45) is 5.92 Å². The molecule has 2 aromatic rings. The van der Waals surface area contributed by atoms with Crippen molar-refractivity contribution in [3.8, 4) is 0 Å². The average Bonchev–Trinajstić information content (AvgIpc) is 3.33. The topological polar surface area (TPSA) is 133 Å². The minimum absolute atomic E-state index is 0.0276. The Bertz CT molecular complexity index is 758. The fraction of sp³-hybridized carbons (Fsp3) is 0.556. The van der Waals surface area contributed by atoms with Gasteiger partial charge in [-0.15, -0.1) is 0 Å². The second-order valence-electron chi connectivity index (χ2n) is 7.23. The van der Waals surface area contributed by atoms with Gasteiger partial charge in [0.25, 0.3) is 0 Å². The summed E-state index contributed by atoms with van der Waals surface area (Å²) >= 11 is 0. The van der Waals surface area contributed by atoms with E-state index in [1.165, 1.54) is 6.26 Å². The first-order valence-corrected chi connectivity index (χ1v) is 9.23. The highest BCUT2D eigenvalue weighted by Crippen LogP contribution is 2.40. The van der Waals surface area contributed by atoms with Gasteiger partial charge in [0, 0.05) is 29.8 Å². The van der Waals surface area contributed by atoms with E-state index in [4.69, 9.17) is 9.63 Å². The summed E-state index contributed by atoms with van der Waals surface area (Å²) in [6.45, 7) is 1.89. The van der Waals surface area contributed by atoms with Crippen molar-refractivity contribution in [2.45, 2.75) is 57.4 Å². The van der Waals surface area contributed by atoms with Crippen LogP contribution in [0, 0.1) is 5.92 Å². The molecule has 3 rings (SSSR count). The van der Waals surface area contributed by atoms with Gasteiger partial charge in [0.15, 0.2) is 5.82 Å². The smallest absolute Gasteiger partial charge is 0.404 e. The number of carboxylic acid groups (broad SMARTS) is 1. The molecular weight excluding hydrogens is 350 g/mol. The normalized spacial score (nSPS) is 20.3. The minimum atomic E-state index is -0.970. The molecule has 27 heavy (non-hydrogen) atoms. The molecule has 0 aromatic carbocycles. The third kappa shape index (κ3) is 5.57. The number of carbonyl (C=O) groups is 2. The minimum Gasteiger partial charge on any atom is -0.465 e. The fourth-order valence-corrected chi connectivity index (χ4v) is 3.68. The van der Waals surface area contributed by atoms with E-state index in [0.717, 1.165) is 37.8 Å². The summed E-state index contributed by atoms with van der Waals surface area (Å²) in [5.41, 5.74) is 1.61. The number of hydrogen-bond acceptors (Lipinski definition) is 5. The monoisotopic (exact) mass is 375 g/mol. The molecule has 1 saturated carbocycles. The summed E-state index contributed by atoms with van der Waals surface area (Å²) in [5.74, 6) is 1.31. The Labute approximate surface area is 156 Å². The zero-order chi connectivity index (χ0) is 19.2. The van der Waals surface area contributed by atoms with Crippen LogP contribution in [-0.4, -0.2) is 38.5 Å². The van der Waals surface area contributed by atoms with E-state index in [1.54, 1.807) is 6.07 Å². The van der Waals surface area contributed by atoms with Crippen LogP contribution in [0.25, 0.3) is 0 Å². The lowest BCUT2D eigenvalue weighted by atomic mass is 9.96. The number of amides is 2. The number of aromatic nitrogens is 3. The maximum absolute atomic E-state index is 12.0. The molecule has 146 valence electrons. The summed E-state index contributed by atoms with van der Waals surface area (Å²) < 4.78 is 4.72. The highest BCUT2D eigenvalue weighted by atomic mass is 16.5. The van der Waals surface area contributed by atoms with Crippen molar-refractivity contribution in [3.05, 3.63) is 29.8 Å². The average molecular weight is 375 g/mol. The first kappa shape index (κ1) is 18.9. The first-order chi connectivity index (χ1) is 13.0. The Kier molecular flexibility index (Phi) is 6.10. The van der Waals surface area contributed by atoms with E-state index in [2.05, 4.69) is 26.0 Å². The largest absolute Gasteiger partial charge is 0.465 e. The van der Waals surface area contributed by atoms with Crippen LogP contribution in [0.3, 0.4) is 0 Å². The van der Waals surface area contributed by atoms with Gasteiger partial charge < -0.3 is 20.3 Å². The number of aromatic amines is 1. The maximum Gasteiger partial charge on any atom is 0.404 e. The standard InChI is InChI=1S/C18H25N5O4/c1-11(19-18(25)26)2-3-12-4-5-13(8-12)15-10-16(22-21-15)20-17(24)9-14-6-7-27-23-14/h6-7,10-13,19H,2-5,8-9H2,1H3,(H,25,26)(H2,20,21,22,24)/t11-,12?,13?/m0/s1. The SMILES string of the molecule is C[C@@H](CCC1CCC(c2cc(NC(=O)Cc3ccon3)n[nH]2)C1)NC(=O)O. The Morgan fingerprint density at radius 2 is 2.30 bits per heavy atom. The van der Waals surface area contributed by atoms with Crippen molar-refractivity contribution < 1.29 is 19.2 Å². The maximum atomic E-state index is 12.0. The molecule has 9 heteroatoms. The lowest BCUT2D eigenvalue weighted by Crippen LogP contribution is -2.31. The second kappa shape index (κ2) is 8.70. The van der Waals surface area contributed by atoms with Gasteiger partial charge in [0.05, 0.1) is 12.1 Å². The number of nitrogens with one attached hydrogen (secondary N) is 3. The van der Waals surface area contributed by atoms with E-state index in [0.29, 0.717) is 23.3 Å². The number of H-pyrrole nitrogens is 1. The van der Waals surface area contributed by atoms with Crippen LogP contribution in [0.5, 0.6) is 0 Å². The second-order valence-corrected chi connectivity index (χ2v) is 7.23. The predicted molar refractivity (Wildman–Crippen MR) is 97.4 cm³/mol. The van der Waals surface area contributed by atoms with Gasteiger partial charge in [0.2, 0.25) is 5.91 Å². The van der Waals surface area contributed by atoms with Crippen LogP contribution in [-0.2, 0) is 11.2 Å². The number of nitrogens with zero attached hydrogens (tertiary/aromatic N) is 2. The van der Waals surface area contributed by atoms with Gasteiger partial charge >= 0.3 is 6.09 Å². The molecule has 0 bridgehead atoms. The molecule has 0 aliphatic heterocycles. The van der Waals surface area contributed by atoms with Gasteiger partial charge in [-0.05, 0) is 44.9 Å². The molecule has 2 amide bonds. The van der Waals surface area contributed by atoms with Gasteiger partial charge in [-0.3, -0.25) is 9.89 Å². The van der Waals surface area contributed by atoms with Crippen molar-refractivity contribution >= 4 is 17.8 Å².